The van der Waals surface area contributed by atoms with Crippen molar-refractivity contribution in [3.05, 3.63) is 45.4 Å². The minimum atomic E-state index is -0.00844. The van der Waals surface area contributed by atoms with Crippen molar-refractivity contribution >= 4 is 17.2 Å². The maximum absolute atomic E-state index is 12.8. The Kier molecular flexibility index (Phi) is 5.41. The summed E-state index contributed by atoms with van der Waals surface area (Å²) in [4.78, 5) is 14.0. The van der Waals surface area contributed by atoms with E-state index in [9.17, 15) is 9.90 Å². The van der Waals surface area contributed by atoms with E-state index in [1.165, 1.54) is 4.88 Å². The third-order valence-corrected chi connectivity index (χ3v) is 6.03. The van der Waals surface area contributed by atoms with E-state index in [0.29, 0.717) is 0 Å². The van der Waals surface area contributed by atoms with Crippen molar-refractivity contribution in [2.24, 2.45) is 5.92 Å². The molecule has 24 heavy (non-hydrogen) atoms. The molecule has 0 spiro atoms. The molecule has 4 nitrogen and oxygen atoms in total. The summed E-state index contributed by atoms with van der Waals surface area (Å²) in [5.41, 5.74) is 2.87. The number of aliphatic hydroxyl groups is 1. The standard InChI is InChI=1S/C19H26N2O2S/c1-13-10-17(14(2)21(13)11-16-7-5-9-24-16)19(23)20-18-8-4-3-6-15(18)12-22/h5,7,9-10,15,18,22H,3-4,6,8,11-12H2,1-2H3,(H,20,23). The van der Waals surface area contributed by atoms with E-state index in [4.69, 9.17) is 0 Å². The largest absolute Gasteiger partial charge is 0.396 e. The fourth-order valence-corrected chi connectivity index (χ4v) is 4.39. The summed E-state index contributed by atoms with van der Waals surface area (Å²) >= 11 is 1.74. The van der Waals surface area contributed by atoms with Gasteiger partial charge in [0.1, 0.15) is 0 Å². The molecule has 0 saturated heterocycles. The number of nitrogens with zero attached hydrogens (tertiary/aromatic N) is 1. The lowest BCUT2D eigenvalue weighted by Crippen LogP contribution is -2.43. The monoisotopic (exact) mass is 346 g/mol. The Morgan fingerprint density at radius 1 is 1.38 bits per heavy atom. The first-order valence-electron chi connectivity index (χ1n) is 8.71. The molecule has 0 aliphatic heterocycles. The van der Waals surface area contributed by atoms with Gasteiger partial charge in [-0.2, -0.15) is 0 Å². The van der Waals surface area contributed by atoms with E-state index in [1.807, 2.05) is 13.0 Å². The van der Waals surface area contributed by atoms with E-state index < -0.39 is 0 Å². The number of amides is 1. The summed E-state index contributed by atoms with van der Waals surface area (Å²) in [7, 11) is 0. The molecule has 0 bridgehead atoms. The molecule has 2 aromatic rings. The van der Waals surface area contributed by atoms with E-state index in [0.717, 1.165) is 49.2 Å². The zero-order chi connectivity index (χ0) is 17.1. The first kappa shape index (κ1) is 17.2. The second-order valence-corrected chi connectivity index (χ2v) is 7.79. The van der Waals surface area contributed by atoms with Gasteiger partial charge in [-0.3, -0.25) is 4.79 Å². The molecular weight excluding hydrogens is 320 g/mol. The summed E-state index contributed by atoms with van der Waals surface area (Å²) in [6, 6.07) is 6.25. The van der Waals surface area contributed by atoms with Crippen LogP contribution in [0.5, 0.6) is 0 Å². The van der Waals surface area contributed by atoms with Gasteiger partial charge >= 0.3 is 0 Å². The number of hydrogen-bond acceptors (Lipinski definition) is 3. The van der Waals surface area contributed by atoms with Crippen molar-refractivity contribution < 1.29 is 9.90 Å². The van der Waals surface area contributed by atoms with Crippen LogP contribution in [0.25, 0.3) is 0 Å². The first-order chi connectivity index (χ1) is 11.6. The second kappa shape index (κ2) is 7.53. The quantitative estimate of drug-likeness (QED) is 0.871. The number of carbonyl (C=O) groups is 1. The summed E-state index contributed by atoms with van der Waals surface area (Å²) < 4.78 is 2.20. The van der Waals surface area contributed by atoms with Gasteiger partial charge in [0.15, 0.2) is 0 Å². The lowest BCUT2D eigenvalue weighted by Gasteiger charge is -2.30. The highest BCUT2D eigenvalue weighted by atomic mass is 32.1. The predicted octanol–water partition coefficient (Wildman–Crippen LogP) is 3.50. The molecule has 1 aliphatic carbocycles. The van der Waals surface area contributed by atoms with Crippen LogP contribution in [0.1, 0.15) is 52.3 Å². The Morgan fingerprint density at radius 3 is 2.88 bits per heavy atom. The smallest absolute Gasteiger partial charge is 0.253 e. The molecule has 0 radical (unpaired) electrons. The zero-order valence-electron chi connectivity index (χ0n) is 14.4. The van der Waals surface area contributed by atoms with Gasteiger partial charge in [-0.25, -0.2) is 0 Å². The van der Waals surface area contributed by atoms with Crippen LogP contribution in [0.15, 0.2) is 23.6 Å². The molecule has 1 aliphatic rings. The minimum Gasteiger partial charge on any atom is -0.396 e. The topological polar surface area (TPSA) is 54.3 Å². The van der Waals surface area contributed by atoms with Crippen LogP contribution in [0, 0.1) is 19.8 Å². The number of rotatable bonds is 5. The fourth-order valence-electron chi connectivity index (χ4n) is 3.70. The highest BCUT2D eigenvalue weighted by Gasteiger charge is 2.27. The number of hydrogen-bond donors (Lipinski definition) is 2. The Balaban J connectivity index is 1.75. The van der Waals surface area contributed by atoms with Crippen LogP contribution in [0.4, 0.5) is 0 Å². The van der Waals surface area contributed by atoms with Crippen molar-refractivity contribution in [2.45, 2.75) is 52.1 Å². The van der Waals surface area contributed by atoms with E-state index in [-0.39, 0.29) is 24.5 Å². The average molecular weight is 346 g/mol. The van der Waals surface area contributed by atoms with Gasteiger partial charge in [-0.15, -0.1) is 11.3 Å². The molecule has 2 atom stereocenters. The second-order valence-electron chi connectivity index (χ2n) is 6.76. The van der Waals surface area contributed by atoms with Gasteiger partial charge in [0.05, 0.1) is 12.1 Å². The molecular formula is C19H26N2O2S. The summed E-state index contributed by atoms with van der Waals surface area (Å²) in [6.45, 7) is 5.03. The van der Waals surface area contributed by atoms with Gasteiger partial charge in [0, 0.05) is 34.8 Å². The van der Waals surface area contributed by atoms with Crippen LogP contribution in [0.3, 0.4) is 0 Å². The molecule has 2 unspecified atom stereocenters. The lowest BCUT2D eigenvalue weighted by atomic mass is 9.85. The van der Waals surface area contributed by atoms with Gasteiger partial charge in [0.25, 0.3) is 5.91 Å². The lowest BCUT2D eigenvalue weighted by molar-refractivity contribution is 0.0872. The van der Waals surface area contributed by atoms with Crippen LogP contribution in [-0.2, 0) is 6.54 Å². The van der Waals surface area contributed by atoms with Crippen LogP contribution < -0.4 is 5.32 Å². The van der Waals surface area contributed by atoms with Gasteiger partial charge < -0.3 is 15.0 Å². The Bertz CT molecular complexity index is 691. The van der Waals surface area contributed by atoms with E-state index >= 15 is 0 Å². The average Bonchev–Trinajstić information content (AvgIpc) is 3.19. The number of nitrogens with one attached hydrogen (secondary N) is 1. The molecule has 1 amide bonds. The minimum absolute atomic E-state index is 0.00844. The number of aliphatic hydroxyl groups excluding tert-OH is 1. The molecule has 2 aromatic heterocycles. The normalized spacial score (nSPS) is 21.0. The highest BCUT2D eigenvalue weighted by molar-refractivity contribution is 7.09. The summed E-state index contributed by atoms with van der Waals surface area (Å²) in [6.07, 6.45) is 4.23. The number of aromatic nitrogens is 1. The Hall–Kier alpha value is -1.59. The molecule has 0 aromatic carbocycles. The van der Waals surface area contributed by atoms with Crippen molar-refractivity contribution in [2.75, 3.05) is 6.61 Å². The fraction of sp³-hybridized carbons (Fsp3) is 0.526. The van der Waals surface area contributed by atoms with Crippen molar-refractivity contribution in [1.29, 1.82) is 0 Å². The SMILES string of the molecule is Cc1cc(C(=O)NC2CCCCC2CO)c(C)n1Cc1cccs1. The first-order valence-corrected chi connectivity index (χ1v) is 9.59. The Morgan fingerprint density at radius 2 is 2.17 bits per heavy atom. The maximum atomic E-state index is 12.8. The van der Waals surface area contributed by atoms with Gasteiger partial charge in [0.2, 0.25) is 0 Å². The maximum Gasteiger partial charge on any atom is 0.253 e. The third kappa shape index (κ3) is 3.57. The molecule has 2 N–H and O–H groups in total. The number of carbonyl (C=O) groups excluding carboxylic acids is 1. The summed E-state index contributed by atoms with van der Waals surface area (Å²) in [5, 5.41) is 14.8. The van der Waals surface area contributed by atoms with Gasteiger partial charge in [-0.05, 0) is 44.2 Å². The molecule has 1 fully saturated rings. The molecule has 5 heteroatoms. The van der Waals surface area contributed by atoms with Crippen LogP contribution in [0.2, 0.25) is 0 Å². The molecule has 2 heterocycles. The zero-order valence-corrected chi connectivity index (χ0v) is 15.2. The molecule has 1 saturated carbocycles. The molecule has 130 valence electrons. The van der Waals surface area contributed by atoms with Gasteiger partial charge in [-0.1, -0.05) is 18.9 Å². The third-order valence-electron chi connectivity index (χ3n) is 5.17. The van der Waals surface area contributed by atoms with Crippen molar-refractivity contribution in [1.82, 2.24) is 9.88 Å². The predicted molar refractivity (Wildman–Crippen MR) is 97.6 cm³/mol. The number of thiophene rings is 1. The van der Waals surface area contributed by atoms with Crippen LogP contribution in [-0.4, -0.2) is 28.2 Å². The Labute approximate surface area is 147 Å². The van der Waals surface area contributed by atoms with Crippen molar-refractivity contribution in [3.8, 4) is 0 Å². The highest BCUT2D eigenvalue weighted by Crippen LogP contribution is 2.25. The van der Waals surface area contributed by atoms with E-state index in [2.05, 4.69) is 34.3 Å². The van der Waals surface area contributed by atoms with E-state index in [1.54, 1.807) is 11.3 Å². The number of aryl methyl sites for hydroxylation is 1. The van der Waals surface area contributed by atoms with Crippen molar-refractivity contribution in [3.63, 3.8) is 0 Å². The summed E-state index contributed by atoms with van der Waals surface area (Å²) in [5.74, 6) is 0.184. The molecule has 3 rings (SSSR count). The van der Waals surface area contributed by atoms with Crippen LogP contribution >= 0.6 is 11.3 Å².